The van der Waals surface area contributed by atoms with Crippen molar-refractivity contribution in [3.05, 3.63) is 0 Å². The van der Waals surface area contributed by atoms with E-state index in [1.807, 2.05) is 13.8 Å². The highest BCUT2D eigenvalue weighted by Crippen LogP contribution is 2.03. The lowest BCUT2D eigenvalue weighted by molar-refractivity contribution is -0.140. The minimum Gasteiger partial charge on any atom is -0.351 e. The molecule has 0 unspecified atom stereocenters. The van der Waals surface area contributed by atoms with Crippen molar-refractivity contribution in [2.45, 2.75) is 46.8 Å². The summed E-state index contributed by atoms with van der Waals surface area (Å²) in [7, 11) is 0. The van der Waals surface area contributed by atoms with E-state index in [0.29, 0.717) is 32.1 Å². The zero-order valence-corrected chi connectivity index (χ0v) is 10.9. The molecule has 0 fully saturated rings. The van der Waals surface area contributed by atoms with Gasteiger partial charge < -0.3 is 14.8 Å². The maximum atomic E-state index is 11.4. The molecular weight excluding hydrogens is 206 g/mol. The number of nitrogens with one attached hydrogen (secondary N) is 1. The van der Waals surface area contributed by atoms with Crippen LogP contribution in [0.15, 0.2) is 0 Å². The zero-order valence-electron chi connectivity index (χ0n) is 10.9. The van der Waals surface area contributed by atoms with E-state index in [-0.39, 0.29) is 12.2 Å². The number of ether oxygens (including phenoxy) is 2. The number of carbonyl (C=O) groups is 1. The predicted molar refractivity (Wildman–Crippen MR) is 64.1 cm³/mol. The molecule has 0 radical (unpaired) electrons. The maximum absolute atomic E-state index is 11.4. The average Bonchev–Trinajstić information content (AvgIpc) is 2.23. The van der Waals surface area contributed by atoms with E-state index in [4.69, 9.17) is 9.47 Å². The SMILES string of the molecule is CCOC(CNC(=O)CCC(C)C)OCC. The van der Waals surface area contributed by atoms with Gasteiger partial charge in [-0.05, 0) is 26.2 Å². The molecular formula is C12H25NO3. The summed E-state index contributed by atoms with van der Waals surface area (Å²) in [5.74, 6) is 0.624. The van der Waals surface area contributed by atoms with Crippen LogP contribution in [0.1, 0.15) is 40.5 Å². The molecule has 0 saturated heterocycles. The molecule has 0 bridgehead atoms. The van der Waals surface area contributed by atoms with Crippen LogP contribution >= 0.6 is 0 Å². The Bertz CT molecular complexity index is 177. The van der Waals surface area contributed by atoms with Crippen molar-refractivity contribution in [3.8, 4) is 0 Å². The van der Waals surface area contributed by atoms with Gasteiger partial charge in [0.2, 0.25) is 5.91 Å². The number of amides is 1. The van der Waals surface area contributed by atoms with Gasteiger partial charge in [0.05, 0.1) is 6.54 Å². The van der Waals surface area contributed by atoms with Gasteiger partial charge in [0.25, 0.3) is 0 Å². The first-order valence-corrected chi connectivity index (χ1v) is 6.10. The molecule has 4 nitrogen and oxygen atoms in total. The van der Waals surface area contributed by atoms with E-state index >= 15 is 0 Å². The molecule has 96 valence electrons. The minimum absolute atomic E-state index is 0.0677. The van der Waals surface area contributed by atoms with Crippen LogP contribution in [-0.2, 0) is 14.3 Å². The van der Waals surface area contributed by atoms with Crippen molar-refractivity contribution >= 4 is 5.91 Å². The molecule has 0 heterocycles. The van der Waals surface area contributed by atoms with Crippen LogP contribution in [0.3, 0.4) is 0 Å². The van der Waals surface area contributed by atoms with Crippen molar-refractivity contribution in [3.63, 3.8) is 0 Å². The molecule has 0 aliphatic carbocycles. The average molecular weight is 231 g/mol. The van der Waals surface area contributed by atoms with Gasteiger partial charge >= 0.3 is 0 Å². The summed E-state index contributed by atoms with van der Waals surface area (Å²) < 4.78 is 10.6. The number of carbonyl (C=O) groups excluding carboxylic acids is 1. The summed E-state index contributed by atoms with van der Waals surface area (Å²) in [5.41, 5.74) is 0. The molecule has 0 aromatic rings. The zero-order chi connectivity index (χ0) is 12.4. The lowest BCUT2D eigenvalue weighted by Gasteiger charge is -2.17. The van der Waals surface area contributed by atoms with Crippen LogP contribution in [-0.4, -0.2) is 32.0 Å². The Morgan fingerprint density at radius 2 is 1.75 bits per heavy atom. The Kier molecular flexibility index (Phi) is 9.24. The fourth-order valence-electron chi connectivity index (χ4n) is 1.24. The molecule has 16 heavy (non-hydrogen) atoms. The summed E-state index contributed by atoms with van der Waals surface area (Å²) in [6, 6.07) is 0. The van der Waals surface area contributed by atoms with Crippen LogP contribution < -0.4 is 5.32 Å². The van der Waals surface area contributed by atoms with Gasteiger partial charge in [-0.25, -0.2) is 0 Å². The molecule has 0 atom stereocenters. The minimum atomic E-state index is -0.321. The molecule has 0 rings (SSSR count). The Balaban J connectivity index is 3.68. The van der Waals surface area contributed by atoms with Crippen molar-refractivity contribution in [2.24, 2.45) is 5.92 Å². The van der Waals surface area contributed by atoms with Gasteiger partial charge in [-0.1, -0.05) is 13.8 Å². The van der Waals surface area contributed by atoms with Gasteiger partial charge in [0, 0.05) is 19.6 Å². The van der Waals surface area contributed by atoms with Crippen molar-refractivity contribution in [1.82, 2.24) is 5.32 Å². The first-order valence-electron chi connectivity index (χ1n) is 6.10. The second kappa shape index (κ2) is 9.60. The maximum Gasteiger partial charge on any atom is 0.220 e. The molecule has 1 N–H and O–H groups in total. The Labute approximate surface area is 98.7 Å². The van der Waals surface area contributed by atoms with Crippen molar-refractivity contribution in [1.29, 1.82) is 0 Å². The number of rotatable bonds is 9. The molecule has 4 heteroatoms. The molecule has 0 aliphatic heterocycles. The third-order valence-corrected chi connectivity index (χ3v) is 2.12. The molecule has 0 saturated carbocycles. The van der Waals surface area contributed by atoms with Gasteiger partial charge in [0.1, 0.15) is 0 Å². The monoisotopic (exact) mass is 231 g/mol. The lowest BCUT2D eigenvalue weighted by Crippen LogP contribution is -2.35. The molecule has 0 aliphatic rings. The van der Waals surface area contributed by atoms with E-state index in [1.54, 1.807) is 0 Å². The summed E-state index contributed by atoms with van der Waals surface area (Å²) in [6.07, 6.45) is 1.17. The smallest absolute Gasteiger partial charge is 0.220 e. The largest absolute Gasteiger partial charge is 0.351 e. The topological polar surface area (TPSA) is 47.6 Å². The molecule has 0 spiro atoms. The van der Waals surface area contributed by atoms with Gasteiger partial charge in [-0.3, -0.25) is 4.79 Å². The van der Waals surface area contributed by atoms with E-state index < -0.39 is 0 Å². The van der Waals surface area contributed by atoms with Gasteiger partial charge in [-0.15, -0.1) is 0 Å². The normalized spacial score (nSPS) is 11.1. The summed E-state index contributed by atoms with van der Waals surface area (Å²) in [6.45, 7) is 9.64. The molecule has 0 aromatic carbocycles. The van der Waals surface area contributed by atoms with Crippen molar-refractivity contribution < 1.29 is 14.3 Å². The van der Waals surface area contributed by atoms with Crippen LogP contribution in [0.25, 0.3) is 0 Å². The molecule has 0 aromatic heterocycles. The number of hydrogen-bond donors (Lipinski definition) is 1. The van der Waals surface area contributed by atoms with Crippen molar-refractivity contribution in [2.75, 3.05) is 19.8 Å². The van der Waals surface area contributed by atoms with E-state index in [9.17, 15) is 4.79 Å². The predicted octanol–water partition coefficient (Wildman–Crippen LogP) is 1.94. The van der Waals surface area contributed by atoms with E-state index in [1.165, 1.54) is 0 Å². The Morgan fingerprint density at radius 3 is 2.19 bits per heavy atom. The van der Waals surface area contributed by atoms with E-state index in [0.717, 1.165) is 6.42 Å². The fraction of sp³-hybridized carbons (Fsp3) is 0.917. The third kappa shape index (κ3) is 8.68. The quantitative estimate of drug-likeness (QED) is 0.617. The van der Waals surface area contributed by atoms with Gasteiger partial charge in [0.15, 0.2) is 6.29 Å². The highest BCUT2D eigenvalue weighted by molar-refractivity contribution is 5.75. The van der Waals surface area contributed by atoms with Crippen LogP contribution in [0.2, 0.25) is 0 Å². The second-order valence-corrected chi connectivity index (χ2v) is 4.08. The highest BCUT2D eigenvalue weighted by Gasteiger charge is 2.10. The lowest BCUT2D eigenvalue weighted by atomic mass is 10.1. The summed E-state index contributed by atoms with van der Waals surface area (Å²) in [4.78, 5) is 11.4. The summed E-state index contributed by atoms with van der Waals surface area (Å²) in [5, 5.41) is 2.82. The van der Waals surface area contributed by atoms with Gasteiger partial charge in [-0.2, -0.15) is 0 Å². The highest BCUT2D eigenvalue weighted by atomic mass is 16.7. The fourth-order valence-corrected chi connectivity index (χ4v) is 1.24. The van der Waals surface area contributed by atoms with Crippen LogP contribution in [0.5, 0.6) is 0 Å². The molecule has 1 amide bonds. The number of hydrogen-bond acceptors (Lipinski definition) is 3. The van der Waals surface area contributed by atoms with Crippen LogP contribution in [0.4, 0.5) is 0 Å². The third-order valence-electron chi connectivity index (χ3n) is 2.12. The first kappa shape index (κ1) is 15.4. The first-order chi connectivity index (χ1) is 7.60. The van der Waals surface area contributed by atoms with Crippen LogP contribution in [0, 0.1) is 5.92 Å². The Hall–Kier alpha value is -0.610. The Morgan fingerprint density at radius 1 is 1.19 bits per heavy atom. The standard InChI is InChI=1S/C12H25NO3/c1-5-15-12(16-6-2)9-13-11(14)8-7-10(3)4/h10,12H,5-9H2,1-4H3,(H,13,14). The summed E-state index contributed by atoms with van der Waals surface area (Å²) >= 11 is 0. The van der Waals surface area contributed by atoms with E-state index in [2.05, 4.69) is 19.2 Å². The second-order valence-electron chi connectivity index (χ2n) is 4.08.